The van der Waals surface area contributed by atoms with Crippen LogP contribution in [-0.4, -0.2) is 20.6 Å². The first kappa shape index (κ1) is 11.4. The monoisotopic (exact) mass is 258 g/mol. The smallest absolute Gasteiger partial charge is 0.336 e. The van der Waals surface area contributed by atoms with Crippen molar-refractivity contribution in [2.45, 2.75) is 13.5 Å². The van der Waals surface area contributed by atoms with E-state index in [0.29, 0.717) is 17.2 Å². The molecule has 2 aromatic heterocycles. The van der Waals surface area contributed by atoms with Crippen LogP contribution in [0.15, 0.2) is 33.5 Å². The Balaban J connectivity index is 1.91. The van der Waals surface area contributed by atoms with Crippen molar-refractivity contribution in [3.8, 4) is 5.75 Å². The topological polar surface area (TPSA) is 93.9 Å². The van der Waals surface area contributed by atoms with Crippen LogP contribution < -0.4 is 10.4 Å². The second kappa shape index (κ2) is 4.52. The summed E-state index contributed by atoms with van der Waals surface area (Å²) in [6, 6.07) is 6.78. The first-order valence-electron chi connectivity index (χ1n) is 5.62. The van der Waals surface area contributed by atoms with Crippen molar-refractivity contribution >= 4 is 11.0 Å². The molecule has 0 aliphatic carbocycles. The highest BCUT2D eigenvalue weighted by Crippen LogP contribution is 2.22. The molecule has 0 amide bonds. The van der Waals surface area contributed by atoms with Crippen LogP contribution in [0.4, 0.5) is 0 Å². The fourth-order valence-electron chi connectivity index (χ4n) is 1.79. The summed E-state index contributed by atoms with van der Waals surface area (Å²) in [5.41, 5.74) is 0.992. The van der Waals surface area contributed by atoms with Gasteiger partial charge in [-0.15, -0.1) is 10.2 Å². The maximum Gasteiger partial charge on any atom is 0.336 e. The van der Waals surface area contributed by atoms with Crippen LogP contribution in [0.3, 0.4) is 0 Å². The highest BCUT2D eigenvalue weighted by atomic mass is 16.5. The van der Waals surface area contributed by atoms with Gasteiger partial charge in [0.1, 0.15) is 11.3 Å². The Hall–Kier alpha value is -2.70. The third-order valence-electron chi connectivity index (χ3n) is 2.68. The van der Waals surface area contributed by atoms with Gasteiger partial charge in [0.2, 0.25) is 5.82 Å². The van der Waals surface area contributed by atoms with Gasteiger partial charge in [0, 0.05) is 17.5 Å². The minimum absolute atomic E-state index is 0.193. The molecule has 0 saturated heterocycles. The molecule has 0 spiro atoms. The lowest BCUT2D eigenvalue weighted by Crippen LogP contribution is -2.00. The molecule has 0 unspecified atom stereocenters. The van der Waals surface area contributed by atoms with Crippen LogP contribution in [0.2, 0.25) is 0 Å². The zero-order chi connectivity index (χ0) is 13.2. The number of aryl methyl sites for hydroxylation is 1. The lowest BCUT2D eigenvalue weighted by molar-refractivity contribution is 0.296. The zero-order valence-electron chi connectivity index (χ0n) is 10.1. The predicted molar refractivity (Wildman–Crippen MR) is 65.7 cm³/mol. The number of hydrogen-bond acceptors (Lipinski definition) is 6. The largest absolute Gasteiger partial charge is 0.485 e. The molecule has 0 saturated carbocycles. The molecular formula is C12H10N4O3. The Morgan fingerprint density at radius 3 is 3.05 bits per heavy atom. The molecule has 0 fully saturated rings. The number of nitrogens with zero attached hydrogens (tertiary/aromatic N) is 3. The highest BCUT2D eigenvalue weighted by Gasteiger charge is 2.05. The first-order chi connectivity index (χ1) is 9.22. The maximum absolute atomic E-state index is 11.3. The van der Waals surface area contributed by atoms with Gasteiger partial charge in [0.05, 0.1) is 0 Å². The minimum atomic E-state index is -0.375. The third-order valence-corrected chi connectivity index (χ3v) is 2.68. The molecule has 2 heterocycles. The van der Waals surface area contributed by atoms with Crippen molar-refractivity contribution in [3.63, 3.8) is 0 Å². The number of nitrogens with one attached hydrogen (secondary N) is 1. The Kier molecular flexibility index (Phi) is 2.71. The summed E-state index contributed by atoms with van der Waals surface area (Å²) in [5, 5.41) is 14.2. The third kappa shape index (κ3) is 2.30. The Morgan fingerprint density at radius 2 is 2.26 bits per heavy atom. The summed E-state index contributed by atoms with van der Waals surface area (Å²) >= 11 is 0. The van der Waals surface area contributed by atoms with Gasteiger partial charge in [-0.05, 0) is 24.6 Å². The summed E-state index contributed by atoms with van der Waals surface area (Å²) in [6.07, 6.45) is 0. The number of rotatable bonds is 3. The van der Waals surface area contributed by atoms with Crippen molar-refractivity contribution in [3.05, 3.63) is 46.1 Å². The van der Waals surface area contributed by atoms with Gasteiger partial charge in [0.25, 0.3) is 0 Å². The number of hydrogen-bond donors (Lipinski definition) is 1. The van der Waals surface area contributed by atoms with Crippen molar-refractivity contribution in [2.24, 2.45) is 0 Å². The molecule has 19 heavy (non-hydrogen) atoms. The van der Waals surface area contributed by atoms with E-state index in [9.17, 15) is 4.79 Å². The molecule has 3 rings (SSSR count). The number of aromatic nitrogens is 4. The normalized spacial score (nSPS) is 10.8. The summed E-state index contributed by atoms with van der Waals surface area (Å²) in [5.74, 6) is 1.02. The average Bonchev–Trinajstić information content (AvgIpc) is 2.88. The maximum atomic E-state index is 11.3. The van der Waals surface area contributed by atoms with E-state index >= 15 is 0 Å². The van der Waals surface area contributed by atoms with Crippen molar-refractivity contribution in [1.29, 1.82) is 0 Å². The molecule has 7 heteroatoms. The van der Waals surface area contributed by atoms with E-state index in [-0.39, 0.29) is 12.2 Å². The Bertz CT molecular complexity index is 764. The van der Waals surface area contributed by atoms with E-state index in [1.807, 2.05) is 13.0 Å². The Morgan fingerprint density at radius 1 is 1.37 bits per heavy atom. The van der Waals surface area contributed by atoms with Crippen LogP contribution in [0, 0.1) is 6.92 Å². The average molecular weight is 258 g/mol. The molecule has 3 aromatic rings. The van der Waals surface area contributed by atoms with Crippen LogP contribution in [0.5, 0.6) is 5.75 Å². The summed E-state index contributed by atoms with van der Waals surface area (Å²) in [7, 11) is 0. The lowest BCUT2D eigenvalue weighted by atomic mass is 10.1. The lowest BCUT2D eigenvalue weighted by Gasteiger charge is -2.05. The van der Waals surface area contributed by atoms with E-state index < -0.39 is 0 Å². The first-order valence-corrected chi connectivity index (χ1v) is 5.62. The number of fused-ring (bicyclic) bond motifs is 1. The number of tetrazole rings is 1. The van der Waals surface area contributed by atoms with E-state index in [1.165, 1.54) is 6.07 Å². The van der Waals surface area contributed by atoms with Gasteiger partial charge >= 0.3 is 5.63 Å². The van der Waals surface area contributed by atoms with Crippen molar-refractivity contribution in [2.75, 3.05) is 0 Å². The zero-order valence-corrected chi connectivity index (χ0v) is 10.1. The highest BCUT2D eigenvalue weighted by molar-refractivity contribution is 5.81. The van der Waals surface area contributed by atoms with Gasteiger partial charge in [-0.3, -0.25) is 0 Å². The van der Waals surface area contributed by atoms with Crippen LogP contribution in [0.25, 0.3) is 11.0 Å². The second-order valence-electron chi connectivity index (χ2n) is 4.02. The molecule has 0 aliphatic heterocycles. The molecule has 7 nitrogen and oxygen atoms in total. The number of H-pyrrole nitrogens is 1. The quantitative estimate of drug-likeness (QED) is 0.709. The standard InChI is InChI=1S/C12H10N4O3/c1-7-4-12(17)19-10-5-8(2-3-9(7)10)18-6-11-13-15-16-14-11/h2-5H,6H2,1H3,(H,13,14,15,16). The minimum Gasteiger partial charge on any atom is -0.485 e. The van der Waals surface area contributed by atoms with E-state index in [0.717, 1.165) is 10.9 Å². The Labute approximate surface area is 107 Å². The van der Waals surface area contributed by atoms with Gasteiger partial charge < -0.3 is 9.15 Å². The predicted octanol–water partition coefficient (Wildman–Crippen LogP) is 1.19. The van der Waals surface area contributed by atoms with E-state index in [2.05, 4.69) is 20.6 Å². The molecule has 96 valence electrons. The molecule has 0 bridgehead atoms. The molecule has 0 aliphatic rings. The number of aromatic amines is 1. The summed E-state index contributed by atoms with van der Waals surface area (Å²) < 4.78 is 10.6. The van der Waals surface area contributed by atoms with Gasteiger partial charge in [0.15, 0.2) is 6.61 Å². The molecule has 0 radical (unpaired) electrons. The molecule has 1 aromatic carbocycles. The molecule has 1 N–H and O–H groups in total. The van der Waals surface area contributed by atoms with Crippen LogP contribution in [-0.2, 0) is 6.61 Å². The summed E-state index contributed by atoms with van der Waals surface area (Å²) in [6.45, 7) is 2.05. The van der Waals surface area contributed by atoms with E-state index in [1.54, 1.807) is 12.1 Å². The van der Waals surface area contributed by atoms with Gasteiger partial charge in [-0.25, -0.2) is 4.79 Å². The SMILES string of the molecule is Cc1cc(=O)oc2cc(OCc3nn[nH]n3)ccc12. The molecular weight excluding hydrogens is 248 g/mol. The van der Waals surface area contributed by atoms with Gasteiger partial charge in [-0.2, -0.15) is 5.21 Å². The second-order valence-corrected chi connectivity index (χ2v) is 4.02. The fraction of sp³-hybridized carbons (Fsp3) is 0.167. The van der Waals surface area contributed by atoms with Crippen molar-refractivity contribution in [1.82, 2.24) is 20.6 Å². The molecule has 0 atom stereocenters. The van der Waals surface area contributed by atoms with Crippen LogP contribution >= 0.6 is 0 Å². The fourth-order valence-corrected chi connectivity index (χ4v) is 1.79. The number of benzene rings is 1. The number of ether oxygens (including phenoxy) is 1. The summed E-state index contributed by atoms with van der Waals surface area (Å²) in [4.78, 5) is 11.3. The van der Waals surface area contributed by atoms with E-state index in [4.69, 9.17) is 9.15 Å². The van der Waals surface area contributed by atoms with Gasteiger partial charge in [-0.1, -0.05) is 5.21 Å². The van der Waals surface area contributed by atoms with Crippen LogP contribution in [0.1, 0.15) is 11.4 Å². The van der Waals surface area contributed by atoms with Crippen molar-refractivity contribution < 1.29 is 9.15 Å².